The molecule has 0 saturated carbocycles. The summed E-state index contributed by atoms with van der Waals surface area (Å²) in [6.07, 6.45) is 7.45. The molecule has 1 aliphatic rings. The number of carbonyl (C=O) groups excluding carboxylic acids is 1. The van der Waals surface area contributed by atoms with Crippen LogP contribution in [0.15, 0.2) is 24.7 Å². The van der Waals surface area contributed by atoms with Crippen molar-refractivity contribution in [2.75, 3.05) is 7.11 Å². The molecule has 1 heterocycles. The second-order valence-electron chi connectivity index (χ2n) is 6.63. The smallest absolute Gasteiger partial charge is 0.381 e. The van der Waals surface area contributed by atoms with Gasteiger partial charge in [-0.1, -0.05) is 6.92 Å². The third-order valence-electron chi connectivity index (χ3n) is 5.08. The minimum absolute atomic E-state index is 0.0876. The van der Waals surface area contributed by atoms with Gasteiger partial charge in [-0.2, -0.15) is 0 Å². The Kier molecular flexibility index (Phi) is 5.35. The maximum absolute atomic E-state index is 13.2. The van der Waals surface area contributed by atoms with Crippen LogP contribution in [0.4, 0.5) is 5.82 Å². The van der Waals surface area contributed by atoms with Gasteiger partial charge in [0.05, 0.1) is 7.11 Å². The molecule has 7 nitrogen and oxygen atoms in total. The van der Waals surface area contributed by atoms with E-state index in [1.54, 1.807) is 11.7 Å². The number of nitrogens with zero attached hydrogens (tertiary/aromatic N) is 3. The third-order valence-corrected chi connectivity index (χ3v) is 5.08. The Balaban J connectivity index is 1.87. The number of rotatable bonds is 7. The molecule has 1 aliphatic carbocycles. The number of aromatic nitrogens is 2. The van der Waals surface area contributed by atoms with Crippen molar-refractivity contribution in [3.63, 3.8) is 0 Å². The number of ketones is 1. The number of fused-ring (bicyclic) bond motifs is 1. The van der Waals surface area contributed by atoms with Gasteiger partial charge < -0.3 is 19.4 Å². The Bertz CT molecular complexity index is 828. The summed E-state index contributed by atoms with van der Waals surface area (Å²) in [6, 6.07) is 3.75. The zero-order chi connectivity index (χ0) is 18.7. The quantitative estimate of drug-likeness (QED) is 0.429. The lowest BCUT2D eigenvalue weighted by Crippen LogP contribution is -2.22. The van der Waals surface area contributed by atoms with E-state index < -0.39 is 4.92 Å². The van der Waals surface area contributed by atoms with Gasteiger partial charge in [0.15, 0.2) is 5.78 Å². The van der Waals surface area contributed by atoms with Gasteiger partial charge in [-0.05, 0) is 65.3 Å². The number of ether oxygens (including phenoxy) is 1. The summed E-state index contributed by atoms with van der Waals surface area (Å²) < 4.78 is 7.09. The molecule has 1 aromatic heterocycles. The average Bonchev–Trinajstić information content (AvgIpc) is 3.13. The lowest BCUT2D eigenvalue weighted by atomic mass is 9.83. The summed E-state index contributed by atoms with van der Waals surface area (Å²) in [7, 11) is 1.66. The van der Waals surface area contributed by atoms with Gasteiger partial charge in [-0.25, -0.2) is 0 Å². The van der Waals surface area contributed by atoms with Crippen LogP contribution in [0, 0.1) is 16.0 Å². The topological polar surface area (TPSA) is 87.3 Å². The first-order valence-corrected chi connectivity index (χ1v) is 8.94. The van der Waals surface area contributed by atoms with Gasteiger partial charge in [0.25, 0.3) is 0 Å². The second-order valence-corrected chi connectivity index (χ2v) is 6.63. The number of carbonyl (C=O) groups is 1. The number of benzene rings is 1. The van der Waals surface area contributed by atoms with Crippen LogP contribution in [0.5, 0.6) is 5.75 Å². The van der Waals surface area contributed by atoms with Crippen molar-refractivity contribution in [3.8, 4) is 5.75 Å². The summed E-state index contributed by atoms with van der Waals surface area (Å²) in [5, 5.41) is 10.8. The zero-order valence-corrected chi connectivity index (χ0v) is 15.1. The van der Waals surface area contributed by atoms with Gasteiger partial charge in [0, 0.05) is 18.0 Å². The van der Waals surface area contributed by atoms with Crippen molar-refractivity contribution in [2.45, 2.75) is 45.6 Å². The predicted molar refractivity (Wildman–Crippen MR) is 96.6 cm³/mol. The highest BCUT2D eigenvalue weighted by atomic mass is 16.6. The van der Waals surface area contributed by atoms with Crippen molar-refractivity contribution in [2.24, 2.45) is 5.92 Å². The van der Waals surface area contributed by atoms with E-state index in [0.717, 1.165) is 48.1 Å². The van der Waals surface area contributed by atoms with Crippen LogP contribution in [0.1, 0.15) is 47.7 Å². The fourth-order valence-corrected chi connectivity index (χ4v) is 3.67. The fraction of sp³-hybridized carbons (Fsp3) is 0.474. The molecular weight excluding hydrogens is 334 g/mol. The number of hydrogen-bond acceptors (Lipinski definition) is 5. The Labute approximate surface area is 152 Å². The summed E-state index contributed by atoms with van der Waals surface area (Å²) in [6.45, 7) is 2.35. The van der Waals surface area contributed by atoms with Gasteiger partial charge in [-0.3, -0.25) is 4.79 Å². The van der Waals surface area contributed by atoms with Crippen LogP contribution >= 0.6 is 0 Å². The molecule has 0 bridgehead atoms. The Morgan fingerprint density at radius 3 is 2.69 bits per heavy atom. The zero-order valence-electron chi connectivity index (χ0n) is 15.1. The van der Waals surface area contributed by atoms with E-state index in [2.05, 4.69) is 4.98 Å². The molecule has 0 aliphatic heterocycles. The van der Waals surface area contributed by atoms with Crippen LogP contribution in [-0.2, 0) is 19.4 Å². The first-order chi connectivity index (χ1) is 12.5. The van der Waals surface area contributed by atoms with E-state index in [-0.39, 0.29) is 17.5 Å². The Morgan fingerprint density at radius 2 is 2.08 bits per heavy atom. The molecule has 3 rings (SSSR count). The molecule has 0 saturated heterocycles. The largest absolute Gasteiger partial charge is 0.496 e. The first kappa shape index (κ1) is 18.1. The van der Waals surface area contributed by atoms with Gasteiger partial charge >= 0.3 is 5.82 Å². The maximum atomic E-state index is 13.2. The average molecular weight is 357 g/mol. The van der Waals surface area contributed by atoms with E-state index in [0.29, 0.717) is 13.0 Å². The molecule has 1 unspecified atom stereocenters. The molecule has 7 heteroatoms. The standard InChI is InChI=1S/C19H23N3O4/c1-3-13(10-21-11-18(20-12-21)22(24)25)19(23)16-8-9-17(26-2)15-7-5-4-6-14(15)16/h8-9,11-13H,3-7,10H2,1-2H3. The van der Waals surface area contributed by atoms with Crippen molar-refractivity contribution >= 4 is 11.6 Å². The van der Waals surface area contributed by atoms with E-state index >= 15 is 0 Å². The SMILES string of the molecule is CCC(Cn1cnc([N+](=O)[O-])c1)C(=O)c1ccc(OC)c2c1CCCC2. The van der Waals surface area contributed by atoms with Crippen LogP contribution in [0.25, 0.3) is 0 Å². The molecule has 1 atom stereocenters. The van der Waals surface area contributed by atoms with Crippen molar-refractivity contribution in [1.82, 2.24) is 9.55 Å². The maximum Gasteiger partial charge on any atom is 0.381 e. The Hall–Kier alpha value is -2.70. The van der Waals surface area contributed by atoms with E-state index in [1.807, 2.05) is 19.1 Å². The molecule has 0 radical (unpaired) electrons. The van der Waals surface area contributed by atoms with E-state index in [1.165, 1.54) is 12.5 Å². The fourth-order valence-electron chi connectivity index (χ4n) is 3.67. The number of hydrogen-bond donors (Lipinski definition) is 0. The number of nitro groups is 1. The number of Topliss-reactive ketones (excluding diaryl/α,β-unsaturated/α-hetero) is 1. The summed E-state index contributed by atoms with van der Waals surface area (Å²) in [5.74, 6) is 0.497. The third kappa shape index (κ3) is 3.47. The molecule has 138 valence electrons. The molecule has 0 amide bonds. The van der Waals surface area contributed by atoms with Crippen molar-refractivity contribution < 1.29 is 14.5 Å². The lowest BCUT2D eigenvalue weighted by Gasteiger charge is -2.23. The van der Waals surface area contributed by atoms with Crippen LogP contribution in [-0.4, -0.2) is 27.4 Å². The first-order valence-electron chi connectivity index (χ1n) is 8.94. The summed E-state index contributed by atoms with van der Waals surface area (Å²) in [4.78, 5) is 27.2. The second kappa shape index (κ2) is 7.68. The highest BCUT2D eigenvalue weighted by molar-refractivity contribution is 5.99. The van der Waals surface area contributed by atoms with Gasteiger partial charge in [-0.15, -0.1) is 0 Å². The molecule has 26 heavy (non-hydrogen) atoms. The van der Waals surface area contributed by atoms with E-state index in [9.17, 15) is 14.9 Å². The minimum atomic E-state index is -0.529. The molecular formula is C19H23N3O4. The molecule has 0 N–H and O–H groups in total. The van der Waals surface area contributed by atoms with Crippen molar-refractivity contribution in [1.29, 1.82) is 0 Å². The van der Waals surface area contributed by atoms with Gasteiger partial charge in [0.1, 0.15) is 11.9 Å². The van der Waals surface area contributed by atoms with Crippen LogP contribution < -0.4 is 4.74 Å². The normalized spacial score (nSPS) is 14.5. The van der Waals surface area contributed by atoms with Crippen molar-refractivity contribution in [3.05, 3.63) is 51.5 Å². The highest BCUT2D eigenvalue weighted by Crippen LogP contribution is 2.33. The van der Waals surface area contributed by atoms with Crippen LogP contribution in [0.2, 0.25) is 0 Å². The summed E-state index contributed by atoms with van der Waals surface area (Å²) in [5.41, 5.74) is 3.02. The van der Waals surface area contributed by atoms with E-state index in [4.69, 9.17) is 4.74 Å². The number of imidazole rings is 1. The predicted octanol–water partition coefficient (Wildman–Crippen LogP) is 3.59. The lowest BCUT2D eigenvalue weighted by molar-refractivity contribution is -0.389. The number of methoxy groups -OCH3 is 1. The van der Waals surface area contributed by atoms with Gasteiger partial charge in [0.2, 0.25) is 6.33 Å². The highest BCUT2D eigenvalue weighted by Gasteiger charge is 2.26. The molecule has 1 aromatic carbocycles. The monoisotopic (exact) mass is 357 g/mol. The van der Waals surface area contributed by atoms with Crippen LogP contribution in [0.3, 0.4) is 0 Å². The Morgan fingerprint density at radius 1 is 1.35 bits per heavy atom. The molecule has 0 fully saturated rings. The summed E-state index contributed by atoms with van der Waals surface area (Å²) >= 11 is 0. The molecule has 2 aromatic rings. The molecule has 0 spiro atoms. The minimum Gasteiger partial charge on any atom is -0.496 e.